The average Bonchev–Trinajstić information content (AvgIpc) is 3.01. The van der Waals surface area contributed by atoms with Crippen molar-refractivity contribution in [3.05, 3.63) is 41.1 Å². The van der Waals surface area contributed by atoms with Gasteiger partial charge in [0, 0.05) is 18.3 Å². The lowest BCUT2D eigenvalue weighted by Gasteiger charge is -2.26. The van der Waals surface area contributed by atoms with Crippen LogP contribution in [0.3, 0.4) is 0 Å². The van der Waals surface area contributed by atoms with Crippen LogP contribution in [0.4, 0.5) is 0 Å². The van der Waals surface area contributed by atoms with Gasteiger partial charge in [0.1, 0.15) is 5.75 Å². The van der Waals surface area contributed by atoms with E-state index in [1.54, 1.807) is 0 Å². The first-order valence-corrected chi connectivity index (χ1v) is 7.30. The summed E-state index contributed by atoms with van der Waals surface area (Å²) in [6.07, 6.45) is 7.29. The predicted octanol–water partition coefficient (Wildman–Crippen LogP) is 3.02. The number of methoxy groups -OCH3 is 1. The molecule has 3 rings (SSSR count). The second-order valence-electron chi connectivity index (χ2n) is 5.41. The fourth-order valence-corrected chi connectivity index (χ4v) is 2.88. The van der Waals surface area contributed by atoms with E-state index in [1.165, 1.54) is 12.7 Å². The Bertz CT molecular complexity index is 604. The summed E-state index contributed by atoms with van der Waals surface area (Å²) in [6.45, 7) is 0.741. The Morgan fingerprint density at radius 2 is 2.38 bits per heavy atom. The molecule has 0 amide bonds. The Labute approximate surface area is 124 Å². The molecule has 21 heavy (non-hydrogen) atoms. The molecule has 0 bridgehead atoms. The third-order valence-electron chi connectivity index (χ3n) is 3.99. The van der Waals surface area contributed by atoms with Gasteiger partial charge in [-0.3, -0.25) is 9.79 Å². The molecule has 0 aromatic heterocycles. The van der Waals surface area contributed by atoms with Gasteiger partial charge in [0.15, 0.2) is 0 Å². The molecular weight excluding hydrogens is 266 g/mol. The van der Waals surface area contributed by atoms with Crippen molar-refractivity contribution >= 4 is 12.2 Å². The number of fused-ring (bicyclic) bond motifs is 1. The zero-order valence-corrected chi connectivity index (χ0v) is 12.2. The van der Waals surface area contributed by atoms with Crippen LogP contribution >= 0.6 is 0 Å². The lowest BCUT2D eigenvalue weighted by molar-refractivity contribution is -0.139. The number of hydrogen-bond acceptors (Lipinski definition) is 4. The normalized spacial score (nSPS) is 19.7. The van der Waals surface area contributed by atoms with Gasteiger partial charge >= 0.3 is 5.97 Å². The Hall–Kier alpha value is -2.10. The second-order valence-corrected chi connectivity index (χ2v) is 5.41. The molecule has 0 radical (unpaired) electrons. The summed E-state index contributed by atoms with van der Waals surface area (Å²) in [7, 11) is 1.41. The number of aliphatic imine (C=N–C) groups is 1. The van der Waals surface area contributed by atoms with Crippen LogP contribution in [0.5, 0.6) is 5.75 Å². The zero-order valence-electron chi connectivity index (χ0n) is 12.2. The van der Waals surface area contributed by atoms with Crippen molar-refractivity contribution in [1.29, 1.82) is 0 Å². The Balaban J connectivity index is 1.82. The third-order valence-corrected chi connectivity index (χ3v) is 3.99. The molecule has 1 unspecified atom stereocenters. The first kappa shape index (κ1) is 13.9. The Morgan fingerprint density at radius 3 is 3.14 bits per heavy atom. The molecule has 0 saturated heterocycles. The van der Waals surface area contributed by atoms with E-state index >= 15 is 0 Å². The molecule has 0 N–H and O–H groups in total. The van der Waals surface area contributed by atoms with Gasteiger partial charge < -0.3 is 9.47 Å². The largest absolute Gasteiger partial charge is 0.493 e. The average molecular weight is 285 g/mol. The first-order valence-electron chi connectivity index (χ1n) is 7.30. The van der Waals surface area contributed by atoms with Crippen molar-refractivity contribution in [3.63, 3.8) is 0 Å². The van der Waals surface area contributed by atoms with Crippen LogP contribution < -0.4 is 4.74 Å². The topological polar surface area (TPSA) is 47.9 Å². The molecule has 0 aliphatic carbocycles. The molecule has 1 atom stereocenters. The molecular formula is C17H19NO3. The first-order chi connectivity index (χ1) is 10.3. The summed E-state index contributed by atoms with van der Waals surface area (Å²) < 4.78 is 10.5. The maximum absolute atomic E-state index is 11.4. The minimum Gasteiger partial charge on any atom is -0.493 e. The molecule has 110 valence electrons. The highest BCUT2D eigenvalue weighted by Crippen LogP contribution is 2.38. The van der Waals surface area contributed by atoms with Gasteiger partial charge in [-0.05, 0) is 36.0 Å². The predicted molar refractivity (Wildman–Crippen MR) is 80.8 cm³/mol. The van der Waals surface area contributed by atoms with Crippen LogP contribution in [0.2, 0.25) is 0 Å². The van der Waals surface area contributed by atoms with Crippen LogP contribution in [-0.2, 0) is 16.0 Å². The van der Waals surface area contributed by atoms with Gasteiger partial charge in [-0.15, -0.1) is 0 Å². The van der Waals surface area contributed by atoms with Crippen LogP contribution in [0, 0.1) is 0 Å². The second kappa shape index (κ2) is 6.12. The third kappa shape index (κ3) is 3.15. The summed E-state index contributed by atoms with van der Waals surface area (Å²) in [5.41, 5.74) is 3.32. The molecule has 0 saturated carbocycles. The zero-order chi connectivity index (χ0) is 14.7. The summed E-state index contributed by atoms with van der Waals surface area (Å²) in [6, 6.07) is 5.98. The number of ether oxygens (including phenoxy) is 2. The number of hydrogen-bond donors (Lipinski definition) is 0. The highest BCUT2D eigenvalue weighted by molar-refractivity contribution is 5.72. The van der Waals surface area contributed by atoms with Gasteiger partial charge in [0.2, 0.25) is 0 Å². The van der Waals surface area contributed by atoms with E-state index < -0.39 is 0 Å². The van der Waals surface area contributed by atoms with Crippen LogP contribution in [-0.4, -0.2) is 25.9 Å². The van der Waals surface area contributed by atoms with E-state index in [2.05, 4.69) is 17.1 Å². The molecule has 2 heterocycles. The quantitative estimate of drug-likeness (QED) is 0.799. The van der Waals surface area contributed by atoms with Crippen molar-refractivity contribution in [1.82, 2.24) is 0 Å². The van der Waals surface area contributed by atoms with Gasteiger partial charge in [-0.2, -0.15) is 0 Å². The van der Waals surface area contributed by atoms with E-state index in [-0.39, 0.29) is 5.97 Å². The van der Waals surface area contributed by atoms with E-state index in [1.807, 2.05) is 18.3 Å². The van der Waals surface area contributed by atoms with Crippen molar-refractivity contribution in [2.24, 2.45) is 4.99 Å². The van der Waals surface area contributed by atoms with Crippen molar-refractivity contribution in [2.45, 2.75) is 31.6 Å². The molecule has 1 aromatic carbocycles. The lowest BCUT2D eigenvalue weighted by Crippen LogP contribution is -2.15. The molecule has 2 aliphatic rings. The summed E-state index contributed by atoms with van der Waals surface area (Å²) in [4.78, 5) is 15.8. The number of nitrogens with zero attached hydrogens (tertiary/aromatic N) is 1. The number of carbonyl (C=O) groups excluding carboxylic acids is 1. The van der Waals surface area contributed by atoms with Crippen LogP contribution in [0.15, 0.2) is 35.0 Å². The van der Waals surface area contributed by atoms with E-state index in [9.17, 15) is 4.79 Å². The number of allylic oxidation sites excluding steroid dienone is 2. The minimum atomic E-state index is -0.216. The van der Waals surface area contributed by atoms with Gasteiger partial charge in [0.05, 0.1) is 20.1 Å². The van der Waals surface area contributed by atoms with Crippen LogP contribution in [0.1, 0.15) is 36.3 Å². The maximum Gasteiger partial charge on any atom is 0.309 e. The fraction of sp³-hybridized carbons (Fsp3) is 0.412. The standard InChI is InChI=1S/C17H19NO3/c1-20-17(19)10-12-4-5-16-15(9-12)13(6-8-21-16)11-14-3-2-7-18-14/h3-5,7,9,13H,2,6,8,10-11H2,1H3. The molecule has 2 aliphatic heterocycles. The summed E-state index contributed by atoms with van der Waals surface area (Å²) >= 11 is 0. The van der Waals surface area contributed by atoms with E-state index in [4.69, 9.17) is 9.47 Å². The molecule has 4 nitrogen and oxygen atoms in total. The highest BCUT2D eigenvalue weighted by Gasteiger charge is 2.23. The number of carbonyl (C=O) groups is 1. The van der Waals surface area contributed by atoms with Gasteiger partial charge in [-0.25, -0.2) is 0 Å². The van der Waals surface area contributed by atoms with Gasteiger partial charge in [-0.1, -0.05) is 18.2 Å². The monoisotopic (exact) mass is 285 g/mol. The number of rotatable bonds is 4. The Kier molecular flexibility index (Phi) is 4.04. The molecule has 0 spiro atoms. The van der Waals surface area contributed by atoms with Gasteiger partial charge in [0.25, 0.3) is 0 Å². The highest BCUT2D eigenvalue weighted by atomic mass is 16.5. The smallest absolute Gasteiger partial charge is 0.309 e. The molecule has 1 aromatic rings. The van der Waals surface area contributed by atoms with Crippen molar-refractivity contribution in [3.8, 4) is 5.75 Å². The number of benzene rings is 1. The summed E-state index contributed by atoms with van der Waals surface area (Å²) in [5.74, 6) is 1.13. The minimum absolute atomic E-state index is 0.216. The molecule has 0 fully saturated rings. The Morgan fingerprint density at radius 1 is 1.48 bits per heavy atom. The lowest BCUT2D eigenvalue weighted by atomic mass is 9.87. The fourth-order valence-electron chi connectivity index (χ4n) is 2.88. The van der Waals surface area contributed by atoms with Crippen molar-refractivity contribution < 1.29 is 14.3 Å². The maximum atomic E-state index is 11.4. The summed E-state index contributed by atoms with van der Waals surface area (Å²) in [5, 5.41) is 0. The van der Waals surface area contributed by atoms with E-state index in [0.29, 0.717) is 12.3 Å². The van der Waals surface area contributed by atoms with E-state index in [0.717, 1.165) is 42.9 Å². The SMILES string of the molecule is COC(=O)Cc1ccc2c(c1)C(CC1=CCC=N1)CCO2. The van der Waals surface area contributed by atoms with Crippen molar-refractivity contribution in [2.75, 3.05) is 13.7 Å². The molecule has 4 heteroatoms. The van der Waals surface area contributed by atoms with Crippen LogP contribution in [0.25, 0.3) is 0 Å². The number of esters is 1.